The molecule has 1 atom stereocenters. The molecule has 0 spiro atoms. The lowest BCUT2D eigenvalue weighted by Gasteiger charge is -2.39. The Morgan fingerprint density at radius 2 is 2.05 bits per heavy atom. The van der Waals surface area contributed by atoms with Crippen molar-refractivity contribution in [1.82, 2.24) is 4.90 Å². The van der Waals surface area contributed by atoms with Crippen molar-refractivity contribution >= 4 is 6.09 Å². The van der Waals surface area contributed by atoms with E-state index < -0.39 is 18.5 Å². The zero-order chi connectivity index (χ0) is 16.3. The molecule has 1 aliphatic rings. The Hall–Kier alpha value is -2.14. The zero-order valence-corrected chi connectivity index (χ0v) is 12.4. The van der Waals surface area contributed by atoms with Crippen LogP contribution < -0.4 is 0 Å². The van der Waals surface area contributed by atoms with E-state index in [1.807, 2.05) is 0 Å². The lowest BCUT2D eigenvalue weighted by Crippen LogP contribution is -2.51. The van der Waals surface area contributed by atoms with Gasteiger partial charge in [-0.2, -0.15) is 5.26 Å². The Morgan fingerprint density at radius 1 is 1.41 bits per heavy atom. The minimum absolute atomic E-state index is 0.158. The van der Waals surface area contributed by atoms with Gasteiger partial charge in [0.15, 0.2) is 6.29 Å². The number of aliphatic hydroxyl groups excluding tert-OH is 1. The van der Waals surface area contributed by atoms with Gasteiger partial charge in [-0.05, 0) is 11.6 Å². The summed E-state index contributed by atoms with van der Waals surface area (Å²) < 4.78 is 10.3. The van der Waals surface area contributed by atoms with Gasteiger partial charge in [0.1, 0.15) is 0 Å². The molecular weight excluding hydrogens is 288 g/mol. The van der Waals surface area contributed by atoms with Crippen molar-refractivity contribution in [2.75, 3.05) is 27.3 Å². The molecule has 7 heteroatoms. The second kappa shape index (κ2) is 6.75. The maximum absolute atomic E-state index is 10.7. The van der Waals surface area contributed by atoms with E-state index in [1.54, 1.807) is 18.2 Å². The molecule has 0 bridgehead atoms. The van der Waals surface area contributed by atoms with Crippen molar-refractivity contribution in [3.05, 3.63) is 34.9 Å². The van der Waals surface area contributed by atoms with E-state index in [4.69, 9.17) is 14.6 Å². The van der Waals surface area contributed by atoms with Crippen LogP contribution in [-0.2, 0) is 9.47 Å². The Kier molecular flexibility index (Phi) is 4.98. The van der Waals surface area contributed by atoms with Gasteiger partial charge in [0.2, 0.25) is 0 Å². The lowest BCUT2D eigenvalue weighted by molar-refractivity contribution is -0.106. The Balaban J connectivity index is 2.16. The van der Waals surface area contributed by atoms with Crippen LogP contribution in [0, 0.1) is 17.2 Å². The molecule has 22 heavy (non-hydrogen) atoms. The van der Waals surface area contributed by atoms with Gasteiger partial charge >= 0.3 is 6.09 Å². The van der Waals surface area contributed by atoms with Gasteiger partial charge in [-0.25, -0.2) is 4.79 Å². The van der Waals surface area contributed by atoms with E-state index in [-0.39, 0.29) is 5.92 Å². The monoisotopic (exact) mass is 306 g/mol. The molecule has 0 aromatic heterocycles. The third-order valence-electron chi connectivity index (χ3n) is 3.85. The average molecular weight is 306 g/mol. The van der Waals surface area contributed by atoms with E-state index in [1.165, 1.54) is 19.1 Å². The number of hydrogen-bond donors (Lipinski definition) is 2. The summed E-state index contributed by atoms with van der Waals surface area (Å²) in [5.74, 6) is -0.158. The summed E-state index contributed by atoms with van der Waals surface area (Å²) in [6.45, 7) is 0.581. The van der Waals surface area contributed by atoms with Crippen LogP contribution >= 0.6 is 0 Å². The first-order chi connectivity index (χ1) is 10.5. The number of carbonyl (C=O) groups is 1. The van der Waals surface area contributed by atoms with Crippen LogP contribution in [0.1, 0.15) is 29.1 Å². The first-order valence-electron chi connectivity index (χ1n) is 6.77. The second-order valence-electron chi connectivity index (χ2n) is 5.15. The quantitative estimate of drug-likeness (QED) is 0.799. The van der Waals surface area contributed by atoms with Gasteiger partial charge in [-0.15, -0.1) is 0 Å². The van der Waals surface area contributed by atoms with Crippen molar-refractivity contribution in [2.24, 2.45) is 5.92 Å². The summed E-state index contributed by atoms with van der Waals surface area (Å²) in [7, 11) is 2.96. The number of ether oxygens (including phenoxy) is 2. The Morgan fingerprint density at radius 3 is 2.55 bits per heavy atom. The number of amides is 1. The van der Waals surface area contributed by atoms with Crippen LogP contribution in [0.4, 0.5) is 4.79 Å². The molecule has 2 N–H and O–H groups in total. The molecule has 0 radical (unpaired) electrons. The summed E-state index contributed by atoms with van der Waals surface area (Å²) in [5, 5.41) is 28.4. The molecule has 1 saturated heterocycles. The van der Waals surface area contributed by atoms with Crippen LogP contribution in [0.3, 0.4) is 0 Å². The van der Waals surface area contributed by atoms with Crippen LogP contribution in [0.5, 0.6) is 0 Å². The van der Waals surface area contributed by atoms with Crippen LogP contribution in [-0.4, -0.2) is 48.5 Å². The smallest absolute Gasteiger partial charge is 0.407 e. The minimum atomic E-state index is -0.987. The highest BCUT2D eigenvalue weighted by atomic mass is 16.7. The van der Waals surface area contributed by atoms with Gasteiger partial charge in [-0.1, -0.05) is 12.1 Å². The van der Waals surface area contributed by atoms with Crippen molar-refractivity contribution in [1.29, 1.82) is 5.26 Å². The first kappa shape index (κ1) is 16.2. The van der Waals surface area contributed by atoms with E-state index in [0.717, 1.165) is 0 Å². The van der Waals surface area contributed by atoms with Crippen molar-refractivity contribution < 1.29 is 24.5 Å². The van der Waals surface area contributed by atoms with E-state index in [0.29, 0.717) is 29.8 Å². The number of likely N-dealkylation sites (tertiary alicyclic amines) is 1. The normalized spacial score (nSPS) is 16.2. The van der Waals surface area contributed by atoms with E-state index in [9.17, 15) is 15.2 Å². The predicted molar refractivity (Wildman–Crippen MR) is 76.0 cm³/mol. The lowest BCUT2D eigenvalue weighted by atomic mass is 9.88. The summed E-state index contributed by atoms with van der Waals surface area (Å²) in [4.78, 5) is 12.0. The molecule has 2 rings (SSSR count). The van der Waals surface area contributed by atoms with Gasteiger partial charge in [0.25, 0.3) is 0 Å². The zero-order valence-electron chi connectivity index (χ0n) is 12.4. The standard InChI is InChI=1S/C15H18N2O5/c1-21-14(22-2)12-4-3-9(5-10(12)6-16)13(18)11-7-17(8-11)15(19)20/h3-5,11,13-14,18H,7-8H2,1-2H3,(H,19,20). The SMILES string of the molecule is COC(OC)c1ccc(C(O)C2CN(C(=O)O)C2)cc1C#N. The summed E-state index contributed by atoms with van der Waals surface area (Å²) >= 11 is 0. The highest BCUT2D eigenvalue weighted by Gasteiger charge is 2.36. The van der Waals surface area contributed by atoms with Crippen molar-refractivity contribution in [3.8, 4) is 6.07 Å². The molecule has 1 aliphatic heterocycles. The largest absolute Gasteiger partial charge is 0.465 e. The molecule has 7 nitrogen and oxygen atoms in total. The molecule has 118 valence electrons. The fraction of sp³-hybridized carbons (Fsp3) is 0.467. The van der Waals surface area contributed by atoms with E-state index >= 15 is 0 Å². The number of aliphatic hydroxyl groups is 1. The highest BCUT2D eigenvalue weighted by Crippen LogP contribution is 2.32. The number of nitriles is 1. The first-order valence-corrected chi connectivity index (χ1v) is 6.77. The molecule has 0 aliphatic carbocycles. The minimum Gasteiger partial charge on any atom is -0.465 e. The average Bonchev–Trinajstić information content (AvgIpc) is 2.46. The molecule has 1 amide bonds. The van der Waals surface area contributed by atoms with Gasteiger partial charge < -0.3 is 24.6 Å². The highest BCUT2D eigenvalue weighted by molar-refractivity contribution is 5.66. The van der Waals surface area contributed by atoms with Crippen LogP contribution in [0.25, 0.3) is 0 Å². The van der Waals surface area contributed by atoms with Crippen molar-refractivity contribution in [3.63, 3.8) is 0 Å². The van der Waals surface area contributed by atoms with Gasteiger partial charge in [0.05, 0.1) is 17.7 Å². The van der Waals surface area contributed by atoms with Crippen LogP contribution in [0.2, 0.25) is 0 Å². The number of hydrogen-bond acceptors (Lipinski definition) is 5. The Labute approximate surface area is 128 Å². The summed E-state index contributed by atoms with van der Waals surface area (Å²) in [6, 6.07) is 7.04. The molecule has 1 unspecified atom stereocenters. The number of nitrogens with zero attached hydrogens (tertiary/aromatic N) is 2. The number of methoxy groups -OCH3 is 2. The molecule has 1 heterocycles. The Bertz CT molecular complexity index is 588. The second-order valence-corrected chi connectivity index (χ2v) is 5.15. The molecule has 1 fully saturated rings. The van der Waals surface area contributed by atoms with Crippen LogP contribution in [0.15, 0.2) is 18.2 Å². The fourth-order valence-corrected chi connectivity index (χ4v) is 2.55. The summed E-state index contributed by atoms with van der Waals surface area (Å²) in [5.41, 5.74) is 1.53. The number of rotatable bonds is 5. The topological polar surface area (TPSA) is 103 Å². The number of carboxylic acid groups (broad SMARTS) is 1. The van der Waals surface area contributed by atoms with Crippen molar-refractivity contribution in [2.45, 2.75) is 12.4 Å². The maximum atomic E-state index is 10.7. The van der Waals surface area contributed by atoms with Gasteiger partial charge in [-0.3, -0.25) is 0 Å². The third kappa shape index (κ3) is 3.04. The fourth-order valence-electron chi connectivity index (χ4n) is 2.55. The van der Waals surface area contributed by atoms with E-state index in [2.05, 4.69) is 6.07 Å². The molecule has 1 aromatic rings. The number of benzene rings is 1. The molecular formula is C15H18N2O5. The predicted octanol–water partition coefficient (Wildman–Crippen LogP) is 1.49. The molecule has 0 saturated carbocycles. The van der Waals surface area contributed by atoms with Gasteiger partial charge in [0, 0.05) is 38.8 Å². The summed E-state index contributed by atoms with van der Waals surface area (Å²) in [6.07, 6.45) is -2.44. The molecule has 1 aromatic carbocycles. The maximum Gasteiger partial charge on any atom is 0.407 e. The third-order valence-corrected chi connectivity index (χ3v) is 3.85.